The molecule has 5 nitrogen and oxygen atoms in total. The maximum Gasteiger partial charge on any atom is 0.234 e. The van der Waals surface area contributed by atoms with E-state index in [1.165, 1.54) is 49.3 Å². The molecule has 1 atom stereocenters. The zero-order chi connectivity index (χ0) is 35.3. The fraction of sp³-hybridized carbons (Fsp3) is 0.0833. The van der Waals surface area contributed by atoms with E-state index < -0.39 is 0 Å². The molecule has 5 heteroatoms. The van der Waals surface area contributed by atoms with Gasteiger partial charge in [-0.1, -0.05) is 159 Å². The molecule has 0 saturated heterocycles. The van der Waals surface area contributed by atoms with Gasteiger partial charge in [-0.05, 0) is 46.0 Å². The van der Waals surface area contributed by atoms with Crippen molar-refractivity contribution >= 4 is 55.4 Å². The third-order valence-electron chi connectivity index (χ3n) is 11.3. The van der Waals surface area contributed by atoms with E-state index in [0.717, 1.165) is 39.2 Å². The van der Waals surface area contributed by atoms with E-state index in [0.29, 0.717) is 5.96 Å². The molecule has 3 heterocycles. The lowest BCUT2D eigenvalue weighted by Gasteiger charge is -2.26. The molecule has 0 radical (unpaired) electrons. The Balaban J connectivity index is 1.35. The highest BCUT2D eigenvalue weighted by Gasteiger charge is 2.39. The molecule has 1 unspecified atom stereocenters. The number of nitrogens with zero attached hydrogens (tertiary/aromatic N) is 4. The topological polar surface area (TPSA) is 46.6 Å². The summed E-state index contributed by atoms with van der Waals surface area (Å²) in [4.78, 5) is 11.0. The number of para-hydroxylation sites is 2. The maximum absolute atomic E-state index is 5.53. The highest BCUT2D eigenvalue weighted by atomic mass is 15.3. The number of rotatable bonds is 3. The van der Waals surface area contributed by atoms with Gasteiger partial charge in [0.25, 0.3) is 0 Å². The van der Waals surface area contributed by atoms with Crippen molar-refractivity contribution in [3.8, 4) is 16.8 Å². The smallest absolute Gasteiger partial charge is 0.234 e. The van der Waals surface area contributed by atoms with Crippen molar-refractivity contribution in [2.45, 2.75) is 25.4 Å². The van der Waals surface area contributed by atoms with Gasteiger partial charge in [0.15, 0.2) is 0 Å². The van der Waals surface area contributed by atoms with E-state index >= 15 is 0 Å². The maximum atomic E-state index is 5.53. The molecule has 1 aliphatic carbocycles. The van der Waals surface area contributed by atoms with E-state index in [1.807, 2.05) is 6.07 Å². The average Bonchev–Trinajstić information content (AvgIpc) is 3.82. The molecule has 9 aromatic rings. The van der Waals surface area contributed by atoms with E-state index in [9.17, 15) is 0 Å². The molecule has 53 heavy (non-hydrogen) atoms. The summed E-state index contributed by atoms with van der Waals surface area (Å²) in [5.74, 6) is 1.46. The van der Waals surface area contributed by atoms with Crippen LogP contribution in [0, 0.1) is 0 Å². The first-order valence-corrected chi connectivity index (χ1v) is 18.3. The van der Waals surface area contributed by atoms with E-state index in [2.05, 4.69) is 186 Å². The molecule has 1 N–H and O–H groups in total. The lowest BCUT2D eigenvalue weighted by atomic mass is 9.81. The van der Waals surface area contributed by atoms with E-state index in [1.54, 1.807) is 0 Å². The lowest BCUT2D eigenvalue weighted by molar-refractivity contribution is 0.660. The van der Waals surface area contributed by atoms with Gasteiger partial charge in [-0.15, -0.1) is 0 Å². The molecule has 0 spiro atoms. The number of hydrogen-bond acceptors (Lipinski definition) is 3. The van der Waals surface area contributed by atoms with Crippen LogP contribution in [0.25, 0.3) is 60.4 Å². The Morgan fingerprint density at radius 3 is 1.92 bits per heavy atom. The predicted molar refractivity (Wildman–Crippen MR) is 219 cm³/mol. The molecule has 1 aliphatic heterocycles. The summed E-state index contributed by atoms with van der Waals surface area (Å²) in [6.07, 6.45) is -0.340. The Morgan fingerprint density at radius 2 is 1.13 bits per heavy atom. The molecule has 0 fully saturated rings. The van der Waals surface area contributed by atoms with Crippen LogP contribution < -0.4 is 5.32 Å². The number of hydrogen-bond donors (Lipinski definition) is 1. The molecule has 2 aliphatic rings. The largest absolute Gasteiger partial charge is 0.344 e. The summed E-state index contributed by atoms with van der Waals surface area (Å²) < 4.78 is 4.83. The molecule has 2 aromatic heterocycles. The van der Waals surface area contributed by atoms with Crippen LogP contribution in [-0.4, -0.2) is 20.9 Å². The van der Waals surface area contributed by atoms with Crippen LogP contribution in [0.4, 0.5) is 0 Å². The van der Waals surface area contributed by atoms with Crippen LogP contribution in [-0.2, 0) is 5.41 Å². The van der Waals surface area contributed by atoms with E-state index in [-0.39, 0.29) is 11.6 Å². The second-order valence-corrected chi connectivity index (χ2v) is 14.6. The van der Waals surface area contributed by atoms with Crippen molar-refractivity contribution in [1.82, 2.24) is 14.5 Å². The summed E-state index contributed by atoms with van der Waals surface area (Å²) in [7, 11) is 0. The first kappa shape index (κ1) is 30.0. The summed E-state index contributed by atoms with van der Waals surface area (Å²) in [6, 6.07) is 58.6. The van der Waals surface area contributed by atoms with Crippen LogP contribution in [0.2, 0.25) is 0 Å². The van der Waals surface area contributed by atoms with Crippen LogP contribution in [0.1, 0.15) is 42.3 Å². The van der Waals surface area contributed by atoms with Gasteiger partial charge in [-0.2, -0.15) is 4.99 Å². The number of nitrogens with one attached hydrogen (secondary N) is 1. The average molecular weight is 682 g/mol. The third kappa shape index (κ3) is 4.25. The second kappa shape index (κ2) is 11.1. The third-order valence-corrected chi connectivity index (χ3v) is 11.3. The Bertz CT molecular complexity index is 2980. The highest BCUT2D eigenvalue weighted by Crippen LogP contribution is 2.53. The minimum absolute atomic E-state index is 0.263. The number of benzene rings is 7. The van der Waals surface area contributed by atoms with Crippen LogP contribution in [0.3, 0.4) is 0 Å². The Hall–Kier alpha value is -6.72. The van der Waals surface area contributed by atoms with Crippen LogP contribution in [0.5, 0.6) is 0 Å². The summed E-state index contributed by atoms with van der Waals surface area (Å²) in [5, 5.41) is 8.48. The fourth-order valence-electron chi connectivity index (χ4n) is 9.02. The SMILES string of the molecule is CC1(C)c2ccccc2-c2ccc3c4ccc5c6ccccc6n(-c6ccccc6)c5c4n(C4=NC(c5ccccc5)NC(c5ccccc5)=N4)c3c21. The molecule has 252 valence electrons. The number of amidine groups is 1. The van der Waals surface area contributed by atoms with Crippen molar-refractivity contribution in [1.29, 1.82) is 0 Å². The van der Waals surface area contributed by atoms with Gasteiger partial charge in [0.05, 0.1) is 22.1 Å². The number of fused-ring (bicyclic) bond motifs is 11. The zero-order valence-electron chi connectivity index (χ0n) is 29.5. The van der Waals surface area contributed by atoms with Crippen LogP contribution >= 0.6 is 0 Å². The second-order valence-electron chi connectivity index (χ2n) is 14.6. The monoisotopic (exact) mass is 681 g/mol. The highest BCUT2D eigenvalue weighted by molar-refractivity contribution is 6.27. The normalized spacial score (nSPS) is 16.1. The molecular weight excluding hydrogens is 647 g/mol. The summed E-state index contributed by atoms with van der Waals surface area (Å²) in [6.45, 7) is 4.73. The van der Waals surface area contributed by atoms with Gasteiger partial charge in [-0.3, -0.25) is 4.57 Å². The quantitative estimate of drug-likeness (QED) is 0.198. The number of aliphatic imine (C=N–C) groups is 2. The molecule has 0 amide bonds. The van der Waals surface area contributed by atoms with Gasteiger partial charge in [0.1, 0.15) is 12.0 Å². The molecular formula is C48H35N5. The Labute approximate surface area is 307 Å². The molecule has 11 rings (SSSR count). The van der Waals surface area contributed by atoms with E-state index in [4.69, 9.17) is 9.98 Å². The van der Waals surface area contributed by atoms with Crippen molar-refractivity contribution in [2.24, 2.45) is 9.98 Å². The zero-order valence-corrected chi connectivity index (χ0v) is 29.5. The molecule has 0 bridgehead atoms. The van der Waals surface area contributed by atoms with Gasteiger partial charge in [-0.25, -0.2) is 4.99 Å². The van der Waals surface area contributed by atoms with Crippen molar-refractivity contribution < 1.29 is 0 Å². The molecule has 0 saturated carbocycles. The first-order valence-electron chi connectivity index (χ1n) is 18.3. The fourth-order valence-corrected chi connectivity index (χ4v) is 9.02. The minimum Gasteiger partial charge on any atom is -0.344 e. The first-order chi connectivity index (χ1) is 26.1. The van der Waals surface area contributed by atoms with Gasteiger partial charge in [0.2, 0.25) is 5.96 Å². The van der Waals surface area contributed by atoms with Gasteiger partial charge in [0, 0.05) is 38.2 Å². The predicted octanol–water partition coefficient (Wildman–Crippen LogP) is 11.2. The van der Waals surface area contributed by atoms with Crippen molar-refractivity contribution in [2.75, 3.05) is 0 Å². The number of aromatic nitrogens is 2. The van der Waals surface area contributed by atoms with Crippen LogP contribution in [0.15, 0.2) is 174 Å². The Kier molecular flexibility index (Phi) is 6.30. The summed E-state index contributed by atoms with van der Waals surface area (Å²) in [5.41, 5.74) is 12.7. The molecule has 7 aromatic carbocycles. The van der Waals surface area contributed by atoms with Gasteiger partial charge < -0.3 is 9.88 Å². The standard InChI is InChI=1S/C48H35N5/c1-48(2)39-24-14-12-22-33(39)35-26-27-37-38-29-28-36-34-23-13-15-25-40(34)52(32-20-10-5-11-21-32)43(36)44(38)53(42(37)41(35)48)47-50-45(30-16-6-3-7-17-30)49-46(51-47)31-18-8-4-9-19-31/h3-29,45H,1-2H3,(H,49,50,51). The summed E-state index contributed by atoms with van der Waals surface area (Å²) >= 11 is 0. The van der Waals surface area contributed by atoms with Gasteiger partial charge >= 0.3 is 0 Å². The lowest BCUT2D eigenvalue weighted by Crippen LogP contribution is -2.35. The Morgan fingerprint density at radius 1 is 0.528 bits per heavy atom. The van der Waals surface area contributed by atoms with Crippen molar-refractivity contribution in [3.05, 3.63) is 186 Å². The minimum atomic E-state index is -0.340. The van der Waals surface area contributed by atoms with Crippen molar-refractivity contribution in [3.63, 3.8) is 0 Å².